The smallest absolute Gasteiger partial charge is 0.176 e. The highest BCUT2D eigenvalue weighted by molar-refractivity contribution is 5.99. The Bertz CT molecular complexity index is 2970. The van der Waals surface area contributed by atoms with Crippen molar-refractivity contribution < 1.29 is 86.2 Å². The van der Waals surface area contributed by atoms with Crippen molar-refractivity contribution in [1.82, 2.24) is 19.9 Å². The third-order valence-electron chi connectivity index (χ3n) is 14.6. The van der Waals surface area contributed by atoms with Crippen molar-refractivity contribution in [3.8, 4) is 44.5 Å². The van der Waals surface area contributed by atoms with E-state index in [1.54, 1.807) is 0 Å². The van der Waals surface area contributed by atoms with Crippen LogP contribution in [0.5, 0.6) is 0 Å². The Kier molecular flexibility index (Phi) is 27.4. The van der Waals surface area contributed by atoms with Gasteiger partial charge in [-0.2, -0.15) is 0 Å². The van der Waals surface area contributed by atoms with Crippen molar-refractivity contribution >= 4 is 46.4 Å². The molecule has 12 heteroatoms. The summed E-state index contributed by atoms with van der Waals surface area (Å²) in [5.41, 5.74) is 16.2. The summed E-state index contributed by atoms with van der Waals surface area (Å²) in [6.07, 6.45) is 52.7. The number of nitrogens with zero attached hydrogens (tertiary/aromatic N) is 6. The molecule has 9 rings (SSSR count). The largest absolute Gasteiger partial charge is 1.00 e. The van der Waals surface area contributed by atoms with E-state index in [2.05, 4.69) is 201 Å². The van der Waals surface area contributed by atoms with Gasteiger partial charge in [0.1, 0.15) is 26.2 Å². The molecule has 0 amide bonds. The van der Waals surface area contributed by atoms with Crippen LogP contribution in [0.3, 0.4) is 0 Å². The van der Waals surface area contributed by atoms with Crippen LogP contribution in [0.15, 0.2) is 173 Å². The van der Waals surface area contributed by atoms with Crippen LogP contribution < -0.4 is 86.2 Å². The molecule has 0 spiro atoms. The second kappa shape index (κ2) is 33.7. The second-order valence-corrected chi connectivity index (χ2v) is 20.4. The molecular formula is C68H78Br4N8. The van der Waals surface area contributed by atoms with E-state index >= 15 is 0 Å². The quantitative estimate of drug-likeness (QED) is 0.0449. The molecule has 9 heterocycles. The molecule has 2 aliphatic rings. The van der Waals surface area contributed by atoms with Crippen LogP contribution in [0.2, 0.25) is 0 Å². The summed E-state index contributed by atoms with van der Waals surface area (Å²) >= 11 is 0. The van der Waals surface area contributed by atoms with Crippen LogP contribution in [0.4, 0.5) is 0 Å². The fourth-order valence-electron chi connectivity index (χ4n) is 10.7. The van der Waals surface area contributed by atoms with E-state index in [4.69, 9.17) is 9.97 Å². The van der Waals surface area contributed by atoms with Gasteiger partial charge in [0, 0.05) is 117 Å². The molecule has 2 N–H and O–H groups in total. The average molecular weight is 1330 g/mol. The van der Waals surface area contributed by atoms with E-state index in [-0.39, 0.29) is 67.9 Å². The maximum atomic E-state index is 5.66. The predicted octanol–water partition coefficient (Wildman–Crippen LogP) is 3.48. The number of H-pyrrole nitrogens is 2. The Morgan fingerprint density at radius 1 is 0.325 bits per heavy atom. The van der Waals surface area contributed by atoms with Gasteiger partial charge in [0.2, 0.25) is 0 Å². The summed E-state index contributed by atoms with van der Waals surface area (Å²) in [4.78, 5) is 19.3. The van der Waals surface area contributed by atoms with Crippen LogP contribution >= 0.6 is 0 Å². The van der Waals surface area contributed by atoms with Gasteiger partial charge in [-0.15, -0.1) is 26.3 Å². The molecule has 0 saturated heterocycles. The number of aromatic amines is 2. The Hall–Kier alpha value is -5.92. The third kappa shape index (κ3) is 17.1. The normalized spacial score (nSPS) is 11.2. The SMILES string of the molecule is C=CCCCCC[n+]1cccc(-c2c3nc(c(-c4ccc[n+](CCCCCC=C)c4)c4ccc([nH]4)c(-c4ccc[n+](CCCCCC=C)c4)c4nc(c(-c5ccc[n+](CCCCCC=C)c5)c5ccc2[nH]5)C=C4)C=C3)c1.[Br-].[Br-].[Br-].[Br-]. The number of nitrogens with one attached hydrogen (secondary N) is 2. The summed E-state index contributed by atoms with van der Waals surface area (Å²) in [6, 6.07) is 26.6. The molecule has 0 radical (unpaired) electrons. The molecule has 0 unspecified atom stereocenters. The lowest BCUT2D eigenvalue weighted by atomic mass is 10.1. The van der Waals surface area contributed by atoms with E-state index < -0.39 is 0 Å². The molecule has 80 heavy (non-hydrogen) atoms. The highest BCUT2D eigenvalue weighted by Gasteiger charge is 2.22. The predicted molar refractivity (Wildman–Crippen MR) is 316 cm³/mol. The van der Waals surface area contributed by atoms with Gasteiger partial charge in [0.25, 0.3) is 0 Å². The van der Waals surface area contributed by atoms with Gasteiger partial charge >= 0.3 is 0 Å². The zero-order chi connectivity index (χ0) is 52.3. The second-order valence-electron chi connectivity index (χ2n) is 20.4. The van der Waals surface area contributed by atoms with Crippen molar-refractivity contribution in [3.05, 3.63) is 196 Å². The summed E-state index contributed by atoms with van der Waals surface area (Å²) in [6.45, 7) is 19.5. The molecule has 7 aromatic rings. The van der Waals surface area contributed by atoms with Gasteiger partial charge < -0.3 is 77.9 Å². The monoisotopic (exact) mass is 1320 g/mol. The maximum absolute atomic E-state index is 5.66. The Morgan fingerprint density at radius 2 is 0.562 bits per heavy atom. The zero-order valence-electron chi connectivity index (χ0n) is 46.3. The van der Waals surface area contributed by atoms with Gasteiger partial charge in [0.05, 0.1) is 22.8 Å². The minimum absolute atomic E-state index is 0. The number of hydrogen-bond donors (Lipinski definition) is 2. The summed E-state index contributed by atoms with van der Waals surface area (Å²) in [5, 5.41) is 0. The molecule has 7 aromatic heterocycles. The molecule has 0 saturated carbocycles. The number of unbranched alkanes of at least 4 members (excludes halogenated alkanes) is 12. The lowest BCUT2D eigenvalue weighted by molar-refractivity contribution is -0.697. The Labute approximate surface area is 517 Å². The lowest BCUT2D eigenvalue weighted by Gasteiger charge is -2.07. The van der Waals surface area contributed by atoms with E-state index in [1.807, 2.05) is 24.3 Å². The van der Waals surface area contributed by atoms with Crippen molar-refractivity contribution in [1.29, 1.82) is 0 Å². The molecule has 0 aliphatic carbocycles. The topological polar surface area (TPSA) is 72.9 Å². The summed E-state index contributed by atoms with van der Waals surface area (Å²) in [7, 11) is 0. The molecule has 0 aromatic carbocycles. The van der Waals surface area contributed by atoms with Crippen LogP contribution in [-0.4, -0.2) is 19.9 Å². The molecule has 0 atom stereocenters. The van der Waals surface area contributed by atoms with Crippen molar-refractivity contribution in [2.75, 3.05) is 0 Å². The number of fused-ring (bicyclic) bond motifs is 8. The van der Waals surface area contributed by atoms with E-state index in [9.17, 15) is 0 Å². The first-order chi connectivity index (χ1) is 37.5. The fourth-order valence-corrected chi connectivity index (χ4v) is 10.7. The Balaban J connectivity index is 0.00000294. The van der Waals surface area contributed by atoms with Gasteiger partial charge in [-0.05, 0) is 150 Å². The van der Waals surface area contributed by atoms with Crippen LogP contribution in [0.25, 0.3) is 90.9 Å². The summed E-state index contributed by atoms with van der Waals surface area (Å²) < 4.78 is 9.34. The van der Waals surface area contributed by atoms with Crippen LogP contribution in [0.1, 0.15) is 126 Å². The number of allylic oxidation sites excluding steroid dienone is 4. The van der Waals surface area contributed by atoms with Crippen molar-refractivity contribution in [2.45, 2.75) is 129 Å². The minimum atomic E-state index is 0. The standard InChI is InChI=1S/C68H78N8.4BrH/c1-5-9-13-17-21-41-73-45-25-29-53(49-73)65-57-33-35-59(69-57)66(54-30-26-46-74(50-54)42-22-18-14-10-6-2)61-37-39-63(71-61)68(56-32-28-48-76(52-56)44-24-20-16-12-8-4)64-40-38-62(72-64)67(60-36-34-58(65)70-60)55-31-27-47-75(51-55)43-23-19-15-11-7-3;;;;/h5-8,25-40,45-52,69,72H,1-4,9-24,41-44H2;4*1H/q+4;;;;/p-4. The highest BCUT2D eigenvalue weighted by Crippen LogP contribution is 2.38. The van der Waals surface area contributed by atoms with Crippen molar-refractivity contribution in [2.24, 2.45) is 0 Å². The van der Waals surface area contributed by atoms with Gasteiger partial charge in [0.15, 0.2) is 49.6 Å². The van der Waals surface area contributed by atoms with Gasteiger partial charge in [-0.3, -0.25) is 0 Å². The number of hydrogen-bond acceptors (Lipinski definition) is 2. The van der Waals surface area contributed by atoms with Crippen LogP contribution in [0, 0.1) is 0 Å². The minimum Gasteiger partial charge on any atom is -1.00 e. The highest BCUT2D eigenvalue weighted by atomic mass is 79.9. The number of pyridine rings is 4. The fraction of sp³-hybridized carbons (Fsp3) is 0.294. The number of halogens is 4. The molecule has 2 aliphatic heterocycles. The van der Waals surface area contributed by atoms with Gasteiger partial charge in [-0.1, -0.05) is 24.3 Å². The van der Waals surface area contributed by atoms with E-state index in [0.29, 0.717) is 0 Å². The first-order valence-corrected chi connectivity index (χ1v) is 28.1. The Morgan fingerprint density at radius 3 is 0.787 bits per heavy atom. The third-order valence-corrected chi connectivity index (χ3v) is 14.6. The first kappa shape index (κ1) is 64.9. The van der Waals surface area contributed by atoms with E-state index in [0.717, 1.165) is 218 Å². The number of aromatic nitrogens is 8. The van der Waals surface area contributed by atoms with Crippen molar-refractivity contribution in [3.63, 3.8) is 0 Å². The zero-order valence-corrected chi connectivity index (χ0v) is 52.7. The summed E-state index contributed by atoms with van der Waals surface area (Å²) in [5.74, 6) is 0. The molecule has 8 bridgehead atoms. The maximum Gasteiger partial charge on any atom is 0.176 e. The first-order valence-electron chi connectivity index (χ1n) is 28.1. The number of rotatable bonds is 28. The van der Waals surface area contributed by atoms with Gasteiger partial charge in [-0.25, -0.2) is 28.2 Å². The molecule has 418 valence electrons. The average Bonchev–Trinajstić information content (AvgIpc) is 4.33. The van der Waals surface area contributed by atoms with Crippen LogP contribution in [-0.2, 0) is 26.2 Å². The molecular weight excluding hydrogens is 1250 g/mol. The lowest BCUT2D eigenvalue weighted by Crippen LogP contribution is -3.00. The molecule has 8 nitrogen and oxygen atoms in total. The number of aryl methyl sites for hydroxylation is 4. The van der Waals surface area contributed by atoms with E-state index in [1.165, 1.54) is 0 Å². The molecule has 0 fully saturated rings.